The van der Waals surface area contributed by atoms with Crippen molar-refractivity contribution in [3.8, 4) is 0 Å². The predicted molar refractivity (Wildman–Crippen MR) is 98.3 cm³/mol. The molecule has 2 heterocycles. The van der Waals surface area contributed by atoms with E-state index in [0.717, 1.165) is 31.6 Å². The molecule has 1 aliphatic rings. The number of carbonyl (C=O) groups is 1. The Morgan fingerprint density at radius 1 is 1.24 bits per heavy atom. The molecule has 1 saturated heterocycles. The second kappa shape index (κ2) is 7.76. The number of pyridine rings is 1. The topological polar surface area (TPSA) is 45.2 Å². The van der Waals surface area contributed by atoms with Gasteiger partial charge in [-0.2, -0.15) is 0 Å². The lowest BCUT2D eigenvalue weighted by Crippen LogP contribution is -2.26. The molecule has 0 unspecified atom stereocenters. The number of rotatable bonds is 3. The van der Waals surface area contributed by atoms with Crippen molar-refractivity contribution in [2.24, 2.45) is 0 Å². The minimum absolute atomic E-state index is 0.0821. The van der Waals surface area contributed by atoms with Crippen molar-refractivity contribution in [3.05, 3.63) is 64.1 Å². The molecule has 3 rings (SSSR count). The van der Waals surface area contributed by atoms with Gasteiger partial charge in [-0.05, 0) is 50.2 Å². The number of piperidine rings is 1. The van der Waals surface area contributed by atoms with E-state index in [2.05, 4.69) is 28.3 Å². The number of carbonyl (C=O) groups excluding carboxylic acids is 1. The quantitative estimate of drug-likeness (QED) is 0.891. The summed E-state index contributed by atoms with van der Waals surface area (Å²) in [5.41, 5.74) is 2.02. The first-order valence-electron chi connectivity index (χ1n) is 8.13. The lowest BCUT2D eigenvalue weighted by Gasteiger charge is -2.23. The fourth-order valence-corrected chi connectivity index (χ4v) is 2.90. The maximum absolute atomic E-state index is 13.9. The van der Waals surface area contributed by atoms with E-state index in [1.54, 1.807) is 6.07 Å². The zero-order valence-corrected chi connectivity index (χ0v) is 14.7. The molecular formula is C19H19ClFN3O. The molecule has 0 saturated carbocycles. The van der Waals surface area contributed by atoms with E-state index in [-0.39, 0.29) is 10.6 Å². The minimum Gasteiger partial charge on any atom is -0.306 e. The molecule has 4 nitrogen and oxygen atoms in total. The van der Waals surface area contributed by atoms with Crippen LogP contribution in [0.4, 0.5) is 10.2 Å². The number of likely N-dealkylation sites (tertiary alicyclic amines) is 1. The molecule has 2 aromatic rings. The van der Waals surface area contributed by atoms with Gasteiger partial charge in [0.25, 0.3) is 5.91 Å². The first-order valence-corrected chi connectivity index (χ1v) is 8.51. The molecule has 0 spiro atoms. The third kappa shape index (κ3) is 4.44. The van der Waals surface area contributed by atoms with Crippen LogP contribution in [0.25, 0.3) is 6.08 Å². The second-order valence-electron chi connectivity index (χ2n) is 6.11. The normalized spacial score (nSPS) is 15.1. The van der Waals surface area contributed by atoms with Crippen LogP contribution in [-0.4, -0.2) is 35.9 Å². The Hall–Kier alpha value is -2.24. The fourth-order valence-electron chi connectivity index (χ4n) is 2.72. The summed E-state index contributed by atoms with van der Waals surface area (Å²) in [6.45, 7) is 2.08. The SMILES string of the molecule is CN1CCC(=Cc2cccc(NC(=O)c3cccc(Cl)c3F)n2)CC1. The van der Waals surface area contributed by atoms with Crippen LogP contribution >= 0.6 is 11.6 Å². The van der Waals surface area contributed by atoms with Crippen LogP contribution in [0.2, 0.25) is 5.02 Å². The molecule has 1 aromatic heterocycles. The Morgan fingerprint density at radius 3 is 2.72 bits per heavy atom. The highest BCUT2D eigenvalue weighted by Gasteiger charge is 2.15. The van der Waals surface area contributed by atoms with Crippen molar-refractivity contribution in [1.29, 1.82) is 0 Å². The smallest absolute Gasteiger partial charge is 0.259 e. The van der Waals surface area contributed by atoms with E-state index in [9.17, 15) is 9.18 Å². The monoisotopic (exact) mass is 359 g/mol. The van der Waals surface area contributed by atoms with Crippen molar-refractivity contribution < 1.29 is 9.18 Å². The first-order chi connectivity index (χ1) is 12.0. The lowest BCUT2D eigenvalue weighted by molar-refractivity contribution is 0.102. The van der Waals surface area contributed by atoms with Gasteiger partial charge in [0.15, 0.2) is 5.82 Å². The average molecular weight is 360 g/mol. The summed E-state index contributed by atoms with van der Waals surface area (Å²) in [4.78, 5) is 19.0. The van der Waals surface area contributed by atoms with E-state index in [4.69, 9.17) is 11.6 Å². The Labute approximate surface area is 151 Å². The molecule has 1 N–H and O–H groups in total. The van der Waals surface area contributed by atoms with Crippen LogP contribution in [-0.2, 0) is 0 Å². The molecule has 1 aliphatic heterocycles. The van der Waals surface area contributed by atoms with Crippen molar-refractivity contribution in [2.45, 2.75) is 12.8 Å². The number of hydrogen-bond acceptors (Lipinski definition) is 3. The molecular weight excluding hydrogens is 341 g/mol. The number of halogens is 2. The van der Waals surface area contributed by atoms with Gasteiger partial charge in [-0.3, -0.25) is 4.79 Å². The molecule has 0 radical (unpaired) electrons. The minimum atomic E-state index is -0.730. The van der Waals surface area contributed by atoms with E-state index in [1.807, 2.05) is 12.1 Å². The maximum atomic E-state index is 13.9. The molecule has 1 amide bonds. The van der Waals surface area contributed by atoms with Crippen LogP contribution in [0.1, 0.15) is 28.9 Å². The number of aromatic nitrogens is 1. The number of nitrogens with zero attached hydrogens (tertiary/aromatic N) is 2. The molecule has 0 aliphatic carbocycles. The summed E-state index contributed by atoms with van der Waals surface area (Å²) in [7, 11) is 2.11. The Bertz CT molecular complexity index is 812. The lowest BCUT2D eigenvalue weighted by atomic mass is 10.0. The summed E-state index contributed by atoms with van der Waals surface area (Å²) in [5, 5.41) is 2.54. The van der Waals surface area contributed by atoms with Gasteiger partial charge in [0, 0.05) is 13.1 Å². The highest BCUT2D eigenvalue weighted by Crippen LogP contribution is 2.20. The first kappa shape index (κ1) is 17.6. The molecule has 25 heavy (non-hydrogen) atoms. The number of amides is 1. The van der Waals surface area contributed by atoms with Gasteiger partial charge < -0.3 is 10.2 Å². The summed E-state index contributed by atoms with van der Waals surface area (Å²) in [6.07, 6.45) is 4.09. The highest BCUT2D eigenvalue weighted by atomic mass is 35.5. The Kier molecular flexibility index (Phi) is 5.46. The molecule has 0 atom stereocenters. The van der Waals surface area contributed by atoms with Crippen molar-refractivity contribution in [1.82, 2.24) is 9.88 Å². The van der Waals surface area contributed by atoms with Crippen molar-refractivity contribution in [2.75, 3.05) is 25.5 Å². The van der Waals surface area contributed by atoms with Gasteiger partial charge in [0.2, 0.25) is 0 Å². The number of nitrogens with one attached hydrogen (secondary N) is 1. The molecule has 1 aromatic carbocycles. The van der Waals surface area contributed by atoms with E-state index in [1.165, 1.54) is 23.8 Å². The van der Waals surface area contributed by atoms with Crippen LogP contribution in [0, 0.1) is 5.82 Å². The number of anilines is 1. The summed E-state index contributed by atoms with van der Waals surface area (Å²) in [6, 6.07) is 9.71. The second-order valence-corrected chi connectivity index (χ2v) is 6.52. The zero-order chi connectivity index (χ0) is 17.8. The zero-order valence-electron chi connectivity index (χ0n) is 13.9. The predicted octanol–water partition coefficient (Wildman–Crippen LogP) is 4.24. The van der Waals surface area contributed by atoms with E-state index >= 15 is 0 Å². The summed E-state index contributed by atoms with van der Waals surface area (Å²) < 4.78 is 13.9. The van der Waals surface area contributed by atoms with Gasteiger partial charge in [0.05, 0.1) is 16.3 Å². The van der Waals surface area contributed by atoms with Gasteiger partial charge in [-0.15, -0.1) is 0 Å². The fraction of sp³-hybridized carbons (Fsp3) is 0.263. The Balaban J connectivity index is 1.74. The van der Waals surface area contributed by atoms with Crippen LogP contribution in [0.5, 0.6) is 0 Å². The number of benzene rings is 1. The third-order valence-corrected chi connectivity index (χ3v) is 4.48. The average Bonchev–Trinajstić information content (AvgIpc) is 2.59. The molecule has 0 bridgehead atoms. The van der Waals surface area contributed by atoms with Crippen molar-refractivity contribution in [3.63, 3.8) is 0 Å². The molecule has 1 fully saturated rings. The summed E-state index contributed by atoms with van der Waals surface area (Å²) in [5.74, 6) is -0.922. The van der Waals surface area contributed by atoms with Gasteiger partial charge in [-0.1, -0.05) is 29.3 Å². The molecule has 130 valence electrons. The highest BCUT2D eigenvalue weighted by molar-refractivity contribution is 6.31. The molecule has 6 heteroatoms. The van der Waals surface area contributed by atoms with Gasteiger partial charge in [0.1, 0.15) is 5.82 Å². The largest absolute Gasteiger partial charge is 0.306 e. The standard InChI is InChI=1S/C19H19ClFN3O/c1-24-10-8-13(9-11-24)12-14-4-2-7-17(22-14)23-19(25)15-5-3-6-16(20)18(15)21/h2-7,12H,8-11H2,1H3,(H,22,23,25). The van der Waals surface area contributed by atoms with Crippen molar-refractivity contribution >= 4 is 29.4 Å². The van der Waals surface area contributed by atoms with E-state index < -0.39 is 11.7 Å². The van der Waals surface area contributed by atoms with Crippen LogP contribution in [0.15, 0.2) is 42.0 Å². The van der Waals surface area contributed by atoms with Crippen LogP contribution < -0.4 is 5.32 Å². The maximum Gasteiger partial charge on any atom is 0.259 e. The Morgan fingerprint density at radius 2 is 1.96 bits per heavy atom. The summed E-state index contributed by atoms with van der Waals surface area (Å²) >= 11 is 5.72. The third-order valence-electron chi connectivity index (χ3n) is 4.19. The number of hydrogen-bond donors (Lipinski definition) is 1. The van der Waals surface area contributed by atoms with Crippen LogP contribution in [0.3, 0.4) is 0 Å². The van der Waals surface area contributed by atoms with Gasteiger partial charge >= 0.3 is 0 Å². The van der Waals surface area contributed by atoms with E-state index in [0.29, 0.717) is 5.82 Å². The van der Waals surface area contributed by atoms with Gasteiger partial charge in [-0.25, -0.2) is 9.37 Å².